The second kappa shape index (κ2) is 7.73. The lowest BCUT2D eigenvalue weighted by atomic mass is 9.86. The van der Waals surface area contributed by atoms with Crippen LogP contribution >= 0.6 is 11.6 Å². The number of nitrogens with zero attached hydrogens (tertiary/aromatic N) is 1. The van der Waals surface area contributed by atoms with Crippen LogP contribution in [0.15, 0.2) is 66.9 Å². The maximum Gasteiger partial charge on any atom is 0.134 e. The van der Waals surface area contributed by atoms with Crippen molar-refractivity contribution in [1.29, 1.82) is 0 Å². The minimum absolute atomic E-state index is 0.125. The summed E-state index contributed by atoms with van der Waals surface area (Å²) in [5, 5.41) is 0.388. The minimum Gasteiger partial charge on any atom is -0.354 e. The molecule has 0 bridgehead atoms. The average molecular weight is 419 g/mol. The molecule has 0 spiro atoms. The van der Waals surface area contributed by atoms with Crippen molar-refractivity contribution in [3.63, 3.8) is 0 Å². The Morgan fingerprint density at radius 2 is 1.63 bits per heavy atom. The number of rotatable bonds is 3. The third kappa shape index (κ3) is 3.90. The van der Waals surface area contributed by atoms with E-state index in [1.807, 2.05) is 31.3 Å². The second-order valence-corrected chi connectivity index (χ2v) is 9.00. The van der Waals surface area contributed by atoms with Crippen molar-refractivity contribution < 1.29 is 4.39 Å². The van der Waals surface area contributed by atoms with Gasteiger partial charge in [0.1, 0.15) is 5.82 Å². The van der Waals surface area contributed by atoms with Gasteiger partial charge in [0.25, 0.3) is 0 Å². The van der Waals surface area contributed by atoms with Crippen LogP contribution in [-0.4, -0.2) is 9.97 Å². The zero-order chi connectivity index (χ0) is 21.5. The molecule has 2 aromatic carbocycles. The molecule has 4 rings (SSSR count). The predicted molar refractivity (Wildman–Crippen MR) is 123 cm³/mol. The number of H-pyrrole nitrogens is 1. The van der Waals surface area contributed by atoms with E-state index in [0.29, 0.717) is 16.3 Å². The van der Waals surface area contributed by atoms with Crippen molar-refractivity contribution in [2.45, 2.75) is 33.1 Å². The number of aryl methyl sites for hydroxylation is 1. The molecule has 0 radical (unpaired) electrons. The van der Waals surface area contributed by atoms with Crippen LogP contribution in [0.25, 0.3) is 33.8 Å². The van der Waals surface area contributed by atoms with Crippen LogP contribution < -0.4 is 0 Å². The Morgan fingerprint density at radius 3 is 2.23 bits per heavy atom. The molecule has 0 aliphatic rings. The Morgan fingerprint density at radius 1 is 0.933 bits per heavy atom. The summed E-state index contributed by atoms with van der Waals surface area (Å²) in [5.74, 6) is -0.342. The fourth-order valence-corrected chi connectivity index (χ4v) is 3.83. The highest BCUT2D eigenvalue weighted by molar-refractivity contribution is 6.33. The fraction of sp³-hybridized carbons (Fsp3) is 0.192. The highest BCUT2D eigenvalue weighted by Crippen LogP contribution is 2.35. The lowest BCUT2D eigenvalue weighted by molar-refractivity contribution is 0.590. The van der Waals surface area contributed by atoms with E-state index in [0.717, 1.165) is 28.1 Å². The molecule has 0 unspecified atom stereocenters. The Balaban J connectivity index is 1.64. The number of hydrogen-bond acceptors (Lipinski definition) is 1. The molecule has 0 fully saturated rings. The Labute approximate surface area is 181 Å². The molecule has 152 valence electrons. The topological polar surface area (TPSA) is 28.7 Å². The van der Waals surface area contributed by atoms with Gasteiger partial charge >= 0.3 is 0 Å². The van der Waals surface area contributed by atoms with Gasteiger partial charge in [0.05, 0.1) is 22.0 Å². The van der Waals surface area contributed by atoms with Gasteiger partial charge in [-0.25, -0.2) is 4.39 Å². The molecule has 2 heterocycles. The van der Waals surface area contributed by atoms with Crippen molar-refractivity contribution in [3.05, 3.63) is 88.8 Å². The lowest BCUT2D eigenvalue weighted by Gasteiger charge is -2.19. The van der Waals surface area contributed by atoms with E-state index >= 15 is 0 Å². The van der Waals surface area contributed by atoms with Gasteiger partial charge in [-0.05, 0) is 53.8 Å². The van der Waals surface area contributed by atoms with Crippen molar-refractivity contribution in [2.24, 2.45) is 0 Å². The molecule has 1 N–H and O–H groups in total. The molecule has 4 heteroatoms. The maximum atomic E-state index is 14.4. The van der Waals surface area contributed by atoms with Crippen molar-refractivity contribution in [1.82, 2.24) is 9.97 Å². The third-order valence-electron chi connectivity index (χ3n) is 5.35. The monoisotopic (exact) mass is 418 g/mol. The third-order valence-corrected chi connectivity index (χ3v) is 5.66. The molecule has 30 heavy (non-hydrogen) atoms. The van der Waals surface area contributed by atoms with E-state index in [1.54, 1.807) is 12.1 Å². The van der Waals surface area contributed by atoms with Crippen LogP contribution in [0, 0.1) is 12.7 Å². The molecule has 0 aliphatic heterocycles. The normalized spacial score (nSPS) is 11.7. The Kier molecular flexibility index (Phi) is 5.25. The number of hydrogen-bond donors (Lipinski definition) is 1. The lowest BCUT2D eigenvalue weighted by Crippen LogP contribution is -2.10. The molecular formula is C26H24ClFN2. The van der Waals surface area contributed by atoms with Gasteiger partial charge in [0, 0.05) is 23.0 Å². The van der Waals surface area contributed by atoms with E-state index in [9.17, 15) is 4.39 Å². The van der Waals surface area contributed by atoms with E-state index in [1.165, 1.54) is 11.6 Å². The summed E-state index contributed by atoms with van der Waals surface area (Å²) >= 11 is 6.25. The smallest absolute Gasteiger partial charge is 0.134 e. The molecule has 0 atom stereocenters. The Bertz CT molecular complexity index is 1160. The standard InChI is InChI=1S/C26H24ClFN2/c1-16-14-23(30-25(16)24-20(27)6-5-7-21(24)28)18-10-13-22(29-15-18)17-8-11-19(12-9-17)26(2,3)4/h5-15,30H,1-4H3. The highest BCUT2D eigenvalue weighted by Gasteiger charge is 2.16. The van der Waals surface area contributed by atoms with Crippen molar-refractivity contribution >= 4 is 11.6 Å². The van der Waals surface area contributed by atoms with Gasteiger partial charge < -0.3 is 4.98 Å². The summed E-state index contributed by atoms with van der Waals surface area (Å²) in [6.07, 6.45) is 1.84. The van der Waals surface area contributed by atoms with Crippen molar-refractivity contribution in [2.75, 3.05) is 0 Å². The summed E-state index contributed by atoms with van der Waals surface area (Å²) in [6, 6.07) is 19.3. The highest BCUT2D eigenvalue weighted by atomic mass is 35.5. The number of pyridine rings is 1. The largest absolute Gasteiger partial charge is 0.354 e. The zero-order valence-electron chi connectivity index (χ0n) is 17.6. The summed E-state index contributed by atoms with van der Waals surface area (Å²) in [4.78, 5) is 7.96. The fourth-order valence-electron chi connectivity index (χ4n) is 3.57. The molecule has 2 aromatic heterocycles. The first-order chi connectivity index (χ1) is 14.2. The van der Waals surface area contributed by atoms with Gasteiger partial charge in [-0.15, -0.1) is 0 Å². The number of halogens is 2. The SMILES string of the molecule is Cc1cc(-c2ccc(-c3ccc(C(C)(C)C)cc3)nc2)[nH]c1-c1c(F)cccc1Cl. The summed E-state index contributed by atoms with van der Waals surface area (Å²) in [5.41, 5.74) is 7.25. The molecular weight excluding hydrogens is 395 g/mol. The van der Waals surface area contributed by atoms with Crippen LogP contribution in [0.3, 0.4) is 0 Å². The quantitative estimate of drug-likeness (QED) is 0.361. The van der Waals surface area contributed by atoms with Crippen molar-refractivity contribution in [3.8, 4) is 33.8 Å². The van der Waals surface area contributed by atoms with Gasteiger partial charge in [-0.3, -0.25) is 4.98 Å². The second-order valence-electron chi connectivity index (χ2n) is 8.60. The zero-order valence-corrected chi connectivity index (χ0v) is 18.3. The Hall–Kier alpha value is -2.91. The minimum atomic E-state index is -0.342. The summed E-state index contributed by atoms with van der Waals surface area (Å²) in [6.45, 7) is 8.55. The predicted octanol–water partition coefficient (Wildman–Crippen LogP) is 7.81. The van der Waals surface area contributed by atoms with E-state index in [-0.39, 0.29) is 11.2 Å². The summed E-state index contributed by atoms with van der Waals surface area (Å²) < 4.78 is 14.4. The van der Waals surface area contributed by atoms with Crippen LogP contribution in [0.4, 0.5) is 4.39 Å². The van der Waals surface area contributed by atoms with Gasteiger partial charge in [0.2, 0.25) is 0 Å². The van der Waals surface area contributed by atoms with E-state index < -0.39 is 0 Å². The van der Waals surface area contributed by atoms with Crippen LogP contribution in [0.5, 0.6) is 0 Å². The van der Waals surface area contributed by atoms with Gasteiger partial charge in [-0.1, -0.05) is 62.7 Å². The maximum absolute atomic E-state index is 14.4. The summed E-state index contributed by atoms with van der Waals surface area (Å²) in [7, 11) is 0. The number of benzene rings is 2. The molecule has 0 saturated heterocycles. The molecule has 0 amide bonds. The first-order valence-corrected chi connectivity index (χ1v) is 10.3. The number of nitrogens with one attached hydrogen (secondary N) is 1. The molecule has 0 saturated carbocycles. The molecule has 2 nitrogen and oxygen atoms in total. The van der Waals surface area contributed by atoms with Gasteiger partial charge in [0.15, 0.2) is 0 Å². The molecule has 0 aliphatic carbocycles. The first-order valence-electron chi connectivity index (χ1n) is 9.95. The number of aromatic amines is 1. The van der Waals surface area contributed by atoms with Crippen LogP contribution in [-0.2, 0) is 5.41 Å². The van der Waals surface area contributed by atoms with Gasteiger partial charge in [-0.2, -0.15) is 0 Å². The van der Waals surface area contributed by atoms with Crippen LogP contribution in [0.2, 0.25) is 5.02 Å². The average Bonchev–Trinajstić information content (AvgIpc) is 3.09. The van der Waals surface area contributed by atoms with E-state index in [2.05, 4.69) is 55.0 Å². The first kappa shape index (κ1) is 20.4. The van der Waals surface area contributed by atoms with E-state index in [4.69, 9.17) is 11.6 Å². The van der Waals surface area contributed by atoms with Crippen LogP contribution in [0.1, 0.15) is 31.9 Å². The number of aromatic nitrogens is 2. The molecule has 4 aromatic rings.